The number of nitrogens with one attached hydrogen (secondary N) is 1. The van der Waals surface area contributed by atoms with Crippen molar-refractivity contribution in [2.45, 2.75) is 32.7 Å². The molecule has 1 aliphatic carbocycles. The van der Waals surface area contributed by atoms with Gasteiger partial charge in [0.25, 0.3) is 0 Å². The quantitative estimate of drug-likeness (QED) is 0.838. The Hall–Kier alpha value is -1.63. The zero-order chi connectivity index (χ0) is 14.7. The molecular formula is C14H24N6O. The molecule has 1 aromatic rings. The Kier molecular flexibility index (Phi) is 4.38. The van der Waals surface area contributed by atoms with Crippen molar-refractivity contribution >= 4 is 11.9 Å². The first kappa shape index (κ1) is 14.3. The molecule has 21 heavy (non-hydrogen) atoms. The minimum atomic E-state index is 0.406. The highest BCUT2D eigenvalue weighted by Crippen LogP contribution is 2.28. The lowest BCUT2D eigenvalue weighted by molar-refractivity contribution is 0.246. The zero-order valence-electron chi connectivity index (χ0n) is 12.9. The Bertz CT molecular complexity index is 446. The molecule has 116 valence electrons. The van der Waals surface area contributed by atoms with E-state index in [-0.39, 0.29) is 0 Å². The van der Waals surface area contributed by atoms with Crippen LogP contribution in [0.4, 0.5) is 11.9 Å². The van der Waals surface area contributed by atoms with Crippen LogP contribution in [0.1, 0.15) is 26.7 Å². The number of anilines is 2. The average molecular weight is 292 g/mol. The Morgan fingerprint density at radius 2 is 1.86 bits per heavy atom. The second-order valence-electron chi connectivity index (χ2n) is 5.46. The highest BCUT2D eigenvalue weighted by atomic mass is 16.5. The SMILES string of the molecule is CCNc1nc(OCC)nc(N2CCN(C3CC3)CC2)n1. The first-order valence-electron chi connectivity index (χ1n) is 7.92. The summed E-state index contributed by atoms with van der Waals surface area (Å²) < 4.78 is 5.45. The molecular weight excluding hydrogens is 268 g/mol. The zero-order valence-corrected chi connectivity index (χ0v) is 12.9. The monoisotopic (exact) mass is 292 g/mol. The van der Waals surface area contributed by atoms with Gasteiger partial charge in [-0.1, -0.05) is 0 Å². The summed E-state index contributed by atoms with van der Waals surface area (Å²) in [6.07, 6.45) is 2.73. The normalized spacial score (nSPS) is 19.6. The molecule has 0 amide bonds. The maximum Gasteiger partial charge on any atom is 0.323 e. The van der Waals surface area contributed by atoms with Crippen LogP contribution >= 0.6 is 0 Å². The summed E-state index contributed by atoms with van der Waals surface area (Å²) >= 11 is 0. The van der Waals surface area contributed by atoms with Gasteiger partial charge in [0, 0.05) is 38.8 Å². The lowest BCUT2D eigenvalue weighted by atomic mass is 10.3. The Morgan fingerprint density at radius 3 is 2.48 bits per heavy atom. The minimum Gasteiger partial charge on any atom is -0.464 e. The van der Waals surface area contributed by atoms with Crippen molar-refractivity contribution in [1.29, 1.82) is 0 Å². The lowest BCUT2D eigenvalue weighted by Crippen LogP contribution is -2.47. The van der Waals surface area contributed by atoms with Crippen molar-refractivity contribution in [2.75, 3.05) is 49.5 Å². The van der Waals surface area contributed by atoms with E-state index in [0.717, 1.165) is 44.7 Å². The van der Waals surface area contributed by atoms with E-state index in [0.29, 0.717) is 18.6 Å². The minimum absolute atomic E-state index is 0.406. The number of rotatable bonds is 6. The third-order valence-corrected chi connectivity index (χ3v) is 3.87. The molecule has 7 nitrogen and oxygen atoms in total. The lowest BCUT2D eigenvalue weighted by Gasteiger charge is -2.34. The van der Waals surface area contributed by atoms with Crippen molar-refractivity contribution < 1.29 is 4.74 Å². The van der Waals surface area contributed by atoms with Gasteiger partial charge < -0.3 is 15.0 Å². The molecule has 0 unspecified atom stereocenters. The van der Waals surface area contributed by atoms with Gasteiger partial charge in [-0.2, -0.15) is 15.0 Å². The summed E-state index contributed by atoms with van der Waals surface area (Å²) in [7, 11) is 0. The standard InChI is InChI=1S/C14H24N6O/c1-3-15-12-16-13(18-14(17-12)21-4-2)20-9-7-19(8-10-20)11-5-6-11/h11H,3-10H2,1-2H3,(H,15,16,17,18). The van der Waals surface area contributed by atoms with Crippen molar-refractivity contribution in [3.8, 4) is 6.01 Å². The average Bonchev–Trinajstić information content (AvgIpc) is 3.33. The van der Waals surface area contributed by atoms with E-state index in [1.165, 1.54) is 12.8 Å². The molecule has 1 saturated heterocycles. The highest BCUT2D eigenvalue weighted by Gasteiger charge is 2.31. The molecule has 1 aromatic heterocycles. The summed E-state index contributed by atoms with van der Waals surface area (Å²) in [5.74, 6) is 1.32. The van der Waals surface area contributed by atoms with Crippen LogP contribution in [0.15, 0.2) is 0 Å². The predicted molar refractivity (Wildman–Crippen MR) is 82.0 cm³/mol. The van der Waals surface area contributed by atoms with Gasteiger partial charge in [-0.25, -0.2) is 0 Å². The molecule has 0 aromatic carbocycles. The smallest absolute Gasteiger partial charge is 0.323 e. The molecule has 1 saturated carbocycles. The fraction of sp³-hybridized carbons (Fsp3) is 0.786. The van der Waals surface area contributed by atoms with Gasteiger partial charge in [-0.05, 0) is 26.7 Å². The van der Waals surface area contributed by atoms with Gasteiger partial charge in [0.15, 0.2) is 0 Å². The predicted octanol–water partition coefficient (Wildman–Crippen LogP) is 0.986. The van der Waals surface area contributed by atoms with Crippen LogP contribution in [0.3, 0.4) is 0 Å². The van der Waals surface area contributed by atoms with Crippen LogP contribution in [0.5, 0.6) is 6.01 Å². The molecule has 3 rings (SSSR count). The third-order valence-electron chi connectivity index (χ3n) is 3.87. The molecule has 0 spiro atoms. The number of hydrogen-bond donors (Lipinski definition) is 1. The largest absolute Gasteiger partial charge is 0.464 e. The summed E-state index contributed by atoms with van der Waals surface area (Å²) in [6.45, 7) is 9.43. The third kappa shape index (κ3) is 3.53. The molecule has 0 atom stereocenters. The van der Waals surface area contributed by atoms with Crippen molar-refractivity contribution in [3.05, 3.63) is 0 Å². The van der Waals surface area contributed by atoms with Gasteiger partial charge in [-0.15, -0.1) is 0 Å². The van der Waals surface area contributed by atoms with Crippen molar-refractivity contribution in [3.63, 3.8) is 0 Å². The van der Waals surface area contributed by atoms with E-state index in [1.54, 1.807) is 0 Å². The van der Waals surface area contributed by atoms with Gasteiger partial charge in [0.2, 0.25) is 11.9 Å². The second-order valence-corrected chi connectivity index (χ2v) is 5.46. The van der Waals surface area contributed by atoms with Gasteiger partial charge in [0.05, 0.1) is 6.61 Å². The van der Waals surface area contributed by atoms with Crippen LogP contribution < -0.4 is 15.0 Å². The number of ether oxygens (including phenoxy) is 1. The second kappa shape index (κ2) is 6.43. The first-order chi connectivity index (χ1) is 10.3. The maximum atomic E-state index is 5.45. The van der Waals surface area contributed by atoms with E-state index in [2.05, 4.69) is 30.1 Å². The first-order valence-corrected chi connectivity index (χ1v) is 7.92. The number of aromatic nitrogens is 3. The molecule has 2 fully saturated rings. The van der Waals surface area contributed by atoms with E-state index in [9.17, 15) is 0 Å². The Balaban J connectivity index is 1.70. The van der Waals surface area contributed by atoms with Gasteiger partial charge in [-0.3, -0.25) is 4.90 Å². The van der Waals surface area contributed by atoms with Crippen LogP contribution in [-0.2, 0) is 0 Å². The maximum absolute atomic E-state index is 5.45. The molecule has 2 aliphatic rings. The molecule has 1 aliphatic heterocycles. The number of hydrogen-bond acceptors (Lipinski definition) is 7. The summed E-state index contributed by atoms with van der Waals surface area (Å²) in [5, 5.41) is 3.14. The Morgan fingerprint density at radius 1 is 1.10 bits per heavy atom. The van der Waals surface area contributed by atoms with Crippen LogP contribution in [-0.4, -0.2) is 65.2 Å². The number of nitrogens with zero attached hydrogens (tertiary/aromatic N) is 5. The number of piperazine rings is 1. The summed E-state index contributed by atoms with van der Waals surface area (Å²) in [4.78, 5) is 18.0. The van der Waals surface area contributed by atoms with E-state index in [1.807, 2.05) is 13.8 Å². The molecule has 2 heterocycles. The van der Waals surface area contributed by atoms with Crippen LogP contribution in [0.2, 0.25) is 0 Å². The van der Waals surface area contributed by atoms with E-state index >= 15 is 0 Å². The molecule has 7 heteroatoms. The van der Waals surface area contributed by atoms with Gasteiger partial charge in [0.1, 0.15) is 0 Å². The topological polar surface area (TPSA) is 66.4 Å². The fourth-order valence-electron chi connectivity index (χ4n) is 2.64. The Labute approximate surface area is 125 Å². The van der Waals surface area contributed by atoms with Crippen LogP contribution in [0.25, 0.3) is 0 Å². The summed E-state index contributed by atoms with van der Waals surface area (Å²) in [6, 6.07) is 1.24. The summed E-state index contributed by atoms with van der Waals surface area (Å²) in [5.41, 5.74) is 0. The fourth-order valence-corrected chi connectivity index (χ4v) is 2.64. The van der Waals surface area contributed by atoms with E-state index < -0.39 is 0 Å². The molecule has 0 radical (unpaired) electrons. The van der Waals surface area contributed by atoms with Crippen molar-refractivity contribution in [2.24, 2.45) is 0 Å². The highest BCUT2D eigenvalue weighted by molar-refractivity contribution is 5.39. The molecule has 1 N–H and O–H groups in total. The van der Waals surface area contributed by atoms with Crippen molar-refractivity contribution in [1.82, 2.24) is 19.9 Å². The van der Waals surface area contributed by atoms with Gasteiger partial charge >= 0.3 is 6.01 Å². The molecule has 0 bridgehead atoms. The van der Waals surface area contributed by atoms with E-state index in [4.69, 9.17) is 4.74 Å². The van der Waals surface area contributed by atoms with Crippen LogP contribution in [0, 0.1) is 0 Å².